The number of unbranched alkanes of at least 4 members (excludes halogenated alkanes) is 2. The molecular weight excluding hydrogens is 316 g/mol. The van der Waals surface area contributed by atoms with Gasteiger partial charge in [0.1, 0.15) is 0 Å². The quantitative estimate of drug-likeness (QED) is 0.270. The van der Waals surface area contributed by atoms with E-state index in [-0.39, 0.29) is 6.42 Å². The summed E-state index contributed by atoms with van der Waals surface area (Å²) in [6, 6.07) is 8.35. The fraction of sp³-hybridized carbons (Fsp3) is 0.438. The first kappa shape index (κ1) is 17.9. The number of carbonyl (C=O) groups is 3. The molecule has 0 aromatic heterocycles. The van der Waals surface area contributed by atoms with Crippen LogP contribution in [-0.4, -0.2) is 28.7 Å². The predicted molar refractivity (Wildman–Crippen MR) is 83.4 cm³/mol. The highest BCUT2D eigenvalue weighted by Gasteiger charge is 2.77. The summed E-state index contributed by atoms with van der Waals surface area (Å²) in [6.45, 7) is 1.94. The summed E-state index contributed by atoms with van der Waals surface area (Å²) in [5.41, 5.74) is 3.69. The number of para-hydroxylation sites is 1. The second-order valence-electron chi connectivity index (χ2n) is 5.64. The highest BCUT2D eigenvalue weighted by Crippen LogP contribution is 2.50. The molecule has 8 heteroatoms. The van der Waals surface area contributed by atoms with Crippen molar-refractivity contribution in [1.29, 1.82) is 0 Å². The largest absolute Gasteiger partial charge is 0.477 e. The molecule has 2 rings (SSSR count). The molecular formula is C16H20N2O6. The summed E-state index contributed by atoms with van der Waals surface area (Å²) < 4.78 is 0. The number of nitrogens with two attached hydrogens (primary N) is 1. The summed E-state index contributed by atoms with van der Waals surface area (Å²) in [5, 5.41) is 12.0. The van der Waals surface area contributed by atoms with E-state index in [1.54, 1.807) is 30.3 Å². The molecule has 0 spiro atoms. The molecule has 1 unspecified atom stereocenters. The number of anilines is 1. The lowest BCUT2D eigenvalue weighted by Crippen LogP contribution is -2.59. The molecule has 1 saturated heterocycles. The topological polar surface area (TPSA) is 135 Å². The minimum Gasteiger partial charge on any atom is -0.477 e. The third-order valence-electron chi connectivity index (χ3n) is 4.09. The number of benzene rings is 1. The summed E-state index contributed by atoms with van der Waals surface area (Å²) in [4.78, 5) is 45.8. The van der Waals surface area contributed by atoms with Crippen LogP contribution in [0.15, 0.2) is 30.3 Å². The SMILES string of the molecule is CCCCCC(C(N)=O)(C(=O)Nc1ccccc1)C1(C(=O)O)OO1. The lowest BCUT2D eigenvalue weighted by molar-refractivity contribution is -0.161. The molecule has 0 radical (unpaired) electrons. The molecule has 0 bridgehead atoms. The van der Waals surface area contributed by atoms with Gasteiger partial charge in [-0.1, -0.05) is 44.4 Å². The Kier molecular flexibility index (Phi) is 5.20. The van der Waals surface area contributed by atoms with Crippen LogP contribution in [0.5, 0.6) is 0 Å². The minimum absolute atomic E-state index is 0.0961. The molecule has 0 aliphatic carbocycles. The van der Waals surface area contributed by atoms with Crippen LogP contribution in [0.2, 0.25) is 0 Å². The van der Waals surface area contributed by atoms with Crippen LogP contribution in [0.25, 0.3) is 0 Å². The smallest absolute Gasteiger partial charge is 0.372 e. The third kappa shape index (κ3) is 2.98. The van der Waals surface area contributed by atoms with Crippen molar-refractivity contribution in [2.75, 3.05) is 5.32 Å². The van der Waals surface area contributed by atoms with Gasteiger partial charge in [-0.25, -0.2) is 4.79 Å². The zero-order chi connectivity index (χ0) is 17.8. The van der Waals surface area contributed by atoms with Gasteiger partial charge in [0.05, 0.1) is 0 Å². The maximum atomic E-state index is 12.8. The number of carboxylic acids is 1. The average molecular weight is 336 g/mol. The van der Waals surface area contributed by atoms with Crippen molar-refractivity contribution in [1.82, 2.24) is 0 Å². The van der Waals surface area contributed by atoms with E-state index < -0.39 is 29.0 Å². The molecule has 24 heavy (non-hydrogen) atoms. The predicted octanol–water partition coefficient (Wildman–Crippen LogP) is 1.42. The molecule has 8 nitrogen and oxygen atoms in total. The summed E-state index contributed by atoms with van der Waals surface area (Å²) in [6.07, 6.45) is 1.84. The van der Waals surface area contributed by atoms with E-state index in [0.717, 1.165) is 6.42 Å². The first-order valence-corrected chi connectivity index (χ1v) is 7.67. The average Bonchev–Trinajstić information content (AvgIpc) is 3.34. The number of hydrogen-bond acceptors (Lipinski definition) is 5. The van der Waals surface area contributed by atoms with Crippen molar-refractivity contribution < 1.29 is 29.3 Å². The number of carboxylic acid groups (broad SMARTS) is 1. The van der Waals surface area contributed by atoms with Gasteiger partial charge < -0.3 is 16.2 Å². The van der Waals surface area contributed by atoms with Crippen LogP contribution < -0.4 is 11.1 Å². The van der Waals surface area contributed by atoms with Crippen LogP contribution in [0.3, 0.4) is 0 Å². The van der Waals surface area contributed by atoms with Crippen molar-refractivity contribution in [3.05, 3.63) is 30.3 Å². The maximum Gasteiger partial charge on any atom is 0.372 e. The van der Waals surface area contributed by atoms with Gasteiger partial charge in [0.15, 0.2) is 5.41 Å². The number of amides is 2. The number of primary amides is 1. The Morgan fingerprint density at radius 3 is 2.29 bits per heavy atom. The Morgan fingerprint density at radius 2 is 1.83 bits per heavy atom. The van der Waals surface area contributed by atoms with Gasteiger partial charge in [0.2, 0.25) is 11.8 Å². The molecule has 1 aliphatic heterocycles. The molecule has 1 aromatic rings. The lowest BCUT2D eigenvalue weighted by Gasteiger charge is -2.29. The number of aliphatic carboxylic acids is 1. The molecule has 0 saturated carbocycles. The van der Waals surface area contributed by atoms with Gasteiger partial charge in [-0.2, -0.15) is 9.78 Å². The summed E-state index contributed by atoms with van der Waals surface area (Å²) in [5.74, 6) is -5.92. The van der Waals surface area contributed by atoms with Gasteiger partial charge in [0.25, 0.3) is 0 Å². The van der Waals surface area contributed by atoms with Crippen LogP contribution in [-0.2, 0) is 24.2 Å². The highest BCUT2D eigenvalue weighted by atomic mass is 17.4. The molecule has 1 fully saturated rings. The van der Waals surface area contributed by atoms with E-state index in [1.165, 1.54) is 0 Å². The Labute approximate surface area is 138 Å². The maximum absolute atomic E-state index is 12.8. The van der Waals surface area contributed by atoms with Crippen molar-refractivity contribution in [3.63, 3.8) is 0 Å². The van der Waals surface area contributed by atoms with Crippen LogP contribution in [0.1, 0.15) is 32.6 Å². The number of carbonyl (C=O) groups excluding carboxylic acids is 2. The molecule has 1 aliphatic rings. The molecule has 2 amide bonds. The van der Waals surface area contributed by atoms with Crippen molar-refractivity contribution in [2.24, 2.45) is 11.1 Å². The van der Waals surface area contributed by atoms with Crippen LogP contribution >= 0.6 is 0 Å². The fourth-order valence-electron chi connectivity index (χ4n) is 2.66. The highest BCUT2D eigenvalue weighted by molar-refractivity contribution is 6.14. The monoisotopic (exact) mass is 336 g/mol. The van der Waals surface area contributed by atoms with Gasteiger partial charge >= 0.3 is 11.8 Å². The van der Waals surface area contributed by atoms with Gasteiger partial charge in [0, 0.05) is 5.69 Å². The second-order valence-corrected chi connectivity index (χ2v) is 5.64. The van der Waals surface area contributed by atoms with Gasteiger partial charge in [-0.15, -0.1) is 0 Å². The Hall–Kier alpha value is -2.45. The van der Waals surface area contributed by atoms with Gasteiger partial charge in [-0.05, 0) is 18.6 Å². The van der Waals surface area contributed by atoms with Gasteiger partial charge in [-0.3, -0.25) is 9.59 Å². The normalized spacial score (nSPS) is 17.5. The molecule has 4 N–H and O–H groups in total. The van der Waals surface area contributed by atoms with Crippen LogP contribution in [0.4, 0.5) is 5.69 Å². The molecule has 1 atom stereocenters. The van der Waals surface area contributed by atoms with E-state index in [0.29, 0.717) is 18.5 Å². The zero-order valence-corrected chi connectivity index (χ0v) is 13.3. The van der Waals surface area contributed by atoms with E-state index in [9.17, 15) is 19.5 Å². The third-order valence-corrected chi connectivity index (χ3v) is 4.09. The summed E-state index contributed by atoms with van der Waals surface area (Å²) >= 11 is 0. The van der Waals surface area contributed by atoms with Crippen LogP contribution in [0, 0.1) is 5.41 Å². The first-order chi connectivity index (χ1) is 11.4. The number of nitrogens with one attached hydrogen (secondary N) is 1. The lowest BCUT2D eigenvalue weighted by atomic mass is 9.73. The number of hydrogen-bond donors (Lipinski definition) is 3. The van der Waals surface area contributed by atoms with Crippen molar-refractivity contribution in [3.8, 4) is 0 Å². The zero-order valence-electron chi connectivity index (χ0n) is 13.3. The molecule has 1 aromatic carbocycles. The minimum atomic E-state index is -2.38. The van der Waals surface area contributed by atoms with E-state index in [1.807, 2.05) is 6.92 Å². The molecule has 130 valence electrons. The van der Waals surface area contributed by atoms with E-state index >= 15 is 0 Å². The Bertz CT molecular complexity index is 629. The summed E-state index contributed by atoms with van der Waals surface area (Å²) in [7, 11) is 0. The molecule has 1 heterocycles. The van der Waals surface area contributed by atoms with Crippen molar-refractivity contribution >= 4 is 23.5 Å². The van der Waals surface area contributed by atoms with E-state index in [4.69, 9.17) is 5.73 Å². The number of rotatable bonds is 9. The Morgan fingerprint density at radius 1 is 1.21 bits per heavy atom. The first-order valence-electron chi connectivity index (χ1n) is 7.67. The van der Waals surface area contributed by atoms with E-state index in [2.05, 4.69) is 15.1 Å². The van der Waals surface area contributed by atoms with Crippen molar-refractivity contribution in [2.45, 2.75) is 38.4 Å². The standard InChI is InChI=1S/C16H20N2O6/c1-2-3-7-10-15(12(17)19,16(14(21)22)23-24-16)13(20)18-11-8-5-4-6-9-11/h4-6,8-9H,2-3,7,10H2,1H3,(H2,17,19)(H,18,20)(H,21,22). The Balaban J connectivity index is 2.38. The second kappa shape index (κ2) is 6.98. The fourth-order valence-corrected chi connectivity index (χ4v) is 2.66.